The molecule has 0 aliphatic rings. The van der Waals surface area contributed by atoms with Crippen LogP contribution in [-0.4, -0.2) is 12.0 Å². The van der Waals surface area contributed by atoms with Crippen molar-refractivity contribution in [3.8, 4) is 0 Å². The molecule has 1 heterocycles. The molecule has 17 heavy (non-hydrogen) atoms. The van der Waals surface area contributed by atoms with E-state index in [1.165, 1.54) is 24.0 Å². The summed E-state index contributed by atoms with van der Waals surface area (Å²) >= 11 is 0. The molecule has 1 rings (SSSR count). The van der Waals surface area contributed by atoms with Gasteiger partial charge in [0.15, 0.2) is 0 Å². The first-order valence-electron chi connectivity index (χ1n) is 6.61. The number of rotatable bonds is 6. The number of aromatic nitrogens is 1. The Morgan fingerprint density at radius 1 is 1.18 bits per heavy atom. The van der Waals surface area contributed by atoms with Crippen LogP contribution in [0.1, 0.15) is 50.8 Å². The van der Waals surface area contributed by atoms with E-state index < -0.39 is 0 Å². The highest BCUT2D eigenvalue weighted by atomic mass is 14.9. The van der Waals surface area contributed by atoms with E-state index in [1.807, 2.05) is 19.4 Å². The van der Waals surface area contributed by atoms with Gasteiger partial charge in [-0.25, -0.2) is 0 Å². The van der Waals surface area contributed by atoms with Gasteiger partial charge in [-0.3, -0.25) is 4.98 Å². The highest BCUT2D eigenvalue weighted by Gasteiger charge is 2.14. The van der Waals surface area contributed by atoms with Crippen molar-refractivity contribution in [2.75, 3.05) is 7.05 Å². The number of nitrogens with one attached hydrogen (secondary N) is 1. The lowest BCUT2D eigenvalue weighted by molar-refractivity contribution is 0.366. The van der Waals surface area contributed by atoms with Crippen molar-refractivity contribution in [1.29, 1.82) is 0 Å². The lowest BCUT2D eigenvalue weighted by Crippen LogP contribution is -2.20. The summed E-state index contributed by atoms with van der Waals surface area (Å²) in [5, 5.41) is 3.41. The molecule has 1 N–H and O–H groups in total. The molecule has 0 amide bonds. The number of aryl methyl sites for hydroxylation is 1. The molecule has 0 aliphatic heterocycles. The molecule has 0 aromatic carbocycles. The minimum atomic E-state index is 0.427. The number of hydrogen-bond donors (Lipinski definition) is 1. The molecule has 0 spiro atoms. The second-order valence-electron chi connectivity index (χ2n) is 5.61. The fraction of sp³-hybridized carbons (Fsp3) is 0.667. The molecule has 1 aromatic heterocycles. The predicted octanol–water partition coefficient (Wildman–Crippen LogP) is 3.72. The molecule has 0 bridgehead atoms. The van der Waals surface area contributed by atoms with Crippen LogP contribution in [0.15, 0.2) is 18.5 Å². The smallest absolute Gasteiger partial charge is 0.0335 e. The highest BCUT2D eigenvalue weighted by Crippen LogP contribution is 2.24. The van der Waals surface area contributed by atoms with Crippen molar-refractivity contribution < 1.29 is 0 Å². The summed E-state index contributed by atoms with van der Waals surface area (Å²) in [6.45, 7) is 9.02. The van der Waals surface area contributed by atoms with Gasteiger partial charge in [0.05, 0.1) is 0 Å². The standard InChI is InChI=1S/C15H26N2/c1-11(2)6-12(3)8-15(16-5)14-7-13(4)9-17-10-14/h7,9-12,15-16H,6,8H2,1-5H3. The van der Waals surface area contributed by atoms with Crippen LogP contribution in [0.2, 0.25) is 0 Å². The van der Waals surface area contributed by atoms with Crippen molar-refractivity contribution in [2.45, 2.75) is 46.6 Å². The molecule has 0 fully saturated rings. The third kappa shape index (κ3) is 4.86. The molecule has 0 saturated carbocycles. The van der Waals surface area contributed by atoms with Crippen molar-refractivity contribution >= 4 is 0 Å². The number of nitrogens with zero attached hydrogens (tertiary/aromatic N) is 1. The van der Waals surface area contributed by atoms with Gasteiger partial charge in [0.1, 0.15) is 0 Å². The zero-order valence-electron chi connectivity index (χ0n) is 11.8. The summed E-state index contributed by atoms with van der Waals surface area (Å²) in [5.74, 6) is 1.52. The van der Waals surface area contributed by atoms with Gasteiger partial charge in [-0.1, -0.05) is 26.8 Å². The van der Waals surface area contributed by atoms with Crippen molar-refractivity contribution in [1.82, 2.24) is 10.3 Å². The van der Waals surface area contributed by atoms with E-state index in [1.54, 1.807) is 0 Å². The van der Waals surface area contributed by atoms with E-state index in [0.717, 1.165) is 11.8 Å². The van der Waals surface area contributed by atoms with Gasteiger partial charge >= 0.3 is 0 Å². The fourth-order valence-electron chi connectivity index (χ4n) is 2.49. The van der Waals surface area contributed by atoms with Gasteiger partial charge in [0.2, 0.25) is 0 Å². The van der Waals surface area contributed by atoms with Gasteiger partial charge in [-0.15, -0.1) is 0 Å². The SMILES string of the molecule is CNC(CC(C)CC(C)C)c1cncc(C)c1. The Labute approximate surface area is 106 Å². The average Bonchev–Trinajstić information content (AvgIpc) is 2.24. The average molecular weight is 234 g/mol. The lowest BCUT2D eigenvalue weighted by Gasteiger charge is -2.22. The minimum absolute atomic E-state index is 0.427. The van der Waals surface area contributed by atoms with Crippen LogP contribution >= 0.6 is 0 Å². The second kappa shape index (κ2) is 6.75. The summed E-state index contributed by atoms with van der Waals surface area (Å²) in [6, 6.07) is 2.66. The molecule has 0 aliphatic carbocycles. The molecule has 2 nitrogen and oxygen atoms in total. The minimum Gasteiger partial charge on any atom is -0.313 e. The van der Waals surface area contributed by atoms with Gasteiger partial charge < -0.3 is 5.32 Å². The van der Waals surface area contributed by atoms with Gasteiger partial charge in [0, 0.05) is 18.4 Å². The molecular formula is C15H26N2. The lowest BCUT2D eigenvalue weighted by atomic mass is 9.90. The molecular weight excluding hydrogens is 208 g/mol. The molecule has 0 radical (unpaired) electrons. The summed E-state index contributed by atoms with van der Waals surface area (Å²) < 4.78 is 0. The van der Waals surface area contributed by atoms with Crippen molar-refractivity contribution in [2.24, 2.45) is 11.8 Å². The highest BCUT2D eigenvalue weighted by molar-refractivity contribution is 5.20. The Bertz CT molecular complexity index is 333. The third-order valence-electron chi connectivity index (χ3n) is 3.16. The Balaban J connectivity index is 2.65. The maximum absolute atomic E-state index is 4.28. The van der Waals surface area contributed by atoms with E-state index in [0.29, 0.717) is 6.04 Å². The summed E-state index contributed by atoms with van der Waals surface area (Å²) in [6.07, 6.45) is 6.36. The quantitative estimate of drug-likeness (QED) is 0.811. The molecule has 2 heteroatoms. The maximum Gasteiger partial charge on any atom is 0.0335 e. The normalized spacial score (nSPS) is 14.9. The molecule has 2 atom stereocenters. The molecule has 96 valence electrons. The van der Waals surface area contributed by atoms with E-state index in [-0.39, 0.29) is 0 Å². The topological polar surface area (TPSA) is 24.9 Å². The predicted molar refractivity (Wildman–Crippen MR) is 74.0 cm³/mol. The second-order valence-corrected chi connectivity index (χ2v) is 5.61. The fourth-order valence-corrected chi connectivity index (χ4v) is 2.49. The Morgan fingerprint density at radius 3 is 2.41 bits per heavy atom. The Morgan fingerprint density at radius 2 is 1.88 bits per heavy atom. The zero-order chi connectivity index (χ0) is 12.8. The number of pyridine rings is 1. The van der Waals surface area contributed by atoms with Crippen LogP contribution in [0, 0.1) is 18.8 Å². The van der Waals surface area contributed by atoms with E-state index >= 15 is 0 Å². The first kappa shape index (κ1) is 14.2. The zero-order valence-corrected chi connectivity index (χ0v) is 11.8. The van der Waals surface area contributed by atoms with Gasteiger partial charge in [0.25, 0.3) is 0 Å². The first-order chi connectivity index (χ1) is 8.02. The van der Waals surface area contributed by atoms with Crippen molar-refractivity contribution in [3.63, 3.8) is 0 Å². The van der Waals surface area contributed by atoms with Crippen LogP contribution in [0.4, 0.5) is 0 Å². The van der Waals surface area contributed by atoms with Crippen LogP contribution < -0.4 is 5.32 Å². The van der Waals surface area contributed by atoms with Crippen LogP contribution in [0.25, 0.3) is 0 Å². The monoisotopic (exact) mass is 234 g/mol. The third-order valence-corrected chi connectivity index (χ3v) is 3.16. The largest absolute Gasteiger partial charge is 0.313 e. The van der Waals surface area contributed by atoms with Gasteiger partial charge in [-0.05, 0) is 49.8 Å². The van der Waals surface area contributed by atoms with Crippen LogP contribution in [0.3, 0.4) is 0 Å². The molecule has 0 saturated heterocycles. The summed E-state index contributed by atoms with van der Waals surface area (Å²) in [7, 11) is 2.04. The van der Waals surface area contributed by atoms with Crippen molar-refractivity contribution in [3.05, 3.63) is 29.6 Å². The summed E-state index contributed by atoms with van der Waals surface area (Å²) in [4.78, 5) is 4.28. The number of hydrogen-bond acceptors (Lipinski definition) is 2. The molecule has 1 aromatic rings. The van der Waals surface area contributed by atoms with E-state index in [9.17, 15) is 0 Å². The van der Waals surface area contributed by atoms with E-state index in [2.05, 4.69) is 44.1 Å². The first-order valence-corrected chi connectivity index (χ1v) is 6.61. The van der Waals surface area contributed by atoms with Crippen LogP contribution in [-0.2, 0) is 0 Å². The molecule has 2 unspecified atom stereocenters. The maximum atomic E-state index is 4.28. The van der Waals surface area contributed by atoms with E-state index in [4.69, 9.17) is 0 Å². The Kier molecular flexibility index (Phi) is 5.63. The summed E-state index contributed by atoms with van der Waals surface area (Å²) in [5.41, 5.74) is 2.54. The van der Waals surface area contributed by atoms with Gasteiger partial charge in [-0.2, -0.15) is 0 Å². The van der Waals surface area contributed by atoms with Crippen LogP contribution in [0.5, 0.6) is 0 Å². The Hall–Kier alpha value is -0.890.